The zero-order valence-corrected chi connectivity index (χ0v) is 6.15. The van der Waals surface area contributed by atoms with Gasteiger partial charge in [0.1, 0.15) is 5.56 Å². The fourth-order valence-electron chi connectivity index (χ4n) is 0.855. The highest BCUT2D eigenvalue weighted by molar-refractivity contribution is 5.93. The van der Waals surface area contributed by atoms with E-state index in [0.29, 0.717) is 0 Å². The molecule has 12 heavy (non-hydrogen) atoms. The number of nitrogens with two attached hydrogens (primary N) is 2. The van der Waals surface area contributed by atoms with Gasteiger partial charge in [0.25, 0.3) is 0 Å². The molecule has 0 aromatic heterocycles. The first kappa shape index (κ1) is 8.35. The van der Waals surface area contributed by atoms with Crippen LogP contribution in [0, 0.1) is 0 Å². The summed E-state index contributed by atoms with van der Waals surface area (Å²) in [6.07, 6.45) is 0. The third-order valence-electron chi connectivity index (χ3n) is 1.39. The fourth-order valence-corrected chi connectivity index (χ4v) is 0.855. The van der Waals surface area contributed by atoms with E-state index in [1.165, 1.54) is 18.2 Å². The summed E-state index contributed by atoms with van der Waals surface area (Å²) in [6.45, 7) is 0. The maximum absolute atomic E-state index is 10.5. The average molecular weight is 168 g/mol. The number of carboxylic acid groups (broad SMARTS) is 1. The molecule has 1 rings (SSSR count). The van der Waals surface area contributed by atoms with E-state index in [-0.39, 0.29) is 17.0 Å². The van der Waals surface area contributed by atoms with Crippen LogP contribution in [-0.2, 0) is 0 Å². The highest BCUT2D eigenvalue weighted by atomic mass is 16.6. The minimum atomic E-state index is -1.12. The summed E-state index contributed by atoms with van der Waals surface area (Å²) in [5.41, 5.74) is 5.56. The molecule has 0 amide bonds. The Morgan fingerprint density at radius 1 is 1.50 bits per heavy atom. The highest BCUT2D eigenvalue weighted by Gasteiger charge is 2.12. The molecule has 0 saturated heterocycles. The lowest BCUT2D eigenvalue weighted by Crippen LogP contribution is -2.10. The number of carbonyl (C=O) groups is 1. The molecule has 0 atom stereocenters. The molecule has 1 aromatic carbocycles. The SMILES string of the molecule is NOc1c(N)cccc1C(=O)O. The Morgan fingerprint density at radius 3 is 2.58 bits per heavy atom. The van der Waals surface area contributed by atoms with Gasteiger partial charge in [0, 0.05) is 0 Å². The monoisotopic (exact) mass is 168 g/mol. The van der Waals surface area contributed by atoms with Gasteiger partial charge in [0.15, 0.2) is 5.75 Å². The molecule has 5 N–H and O–H groups in total. The van der Waals surface area contributed by atoms with E-state index in [9.17, 15) is 4.79 Å². The Bertz CT molecular complexity index is 312. The molecular weight excluding hydrogens is 160 g/mol. The van der Waals surface area contributed by atoms with Gasteiger partial charge < -0.3 is 15.7 Å². The van der Waals surface area contributed by atoms with E-state index >= 15 is 0 Å². The Labute approximate surface area is 68.5 Å². The van der Waals surface area contributed by atoms with Crippen molar-refractivity contribution in [2.75, 3.05) is 5.73 Å². The number of benzene rings is 1. The molecule has 0 unspecified atom stereocenters. The maximum atomic E-state index is 10.5. The van der Waals surface area contributed by atoms with Crippen LogP contribution in [0.3, 0.4) is 0 Å². The molecule has 5 heteroatoms. The molecule has 0 spiro atoms. The summed E-state index contributed by atoms with van der Waals surface area (Å²) >= 11 is 0. The predicted octanol–water partition coefficient (Wildman–Crippen LogP) is 0.219. The minimum Gasteiger partial charge on any atom is -0.478 e. The van der Waals surface area contributed by atoms with Gasteiger partial charge in [-0.05, 0) is 12.1 Å². The summed E-state index contributed by atoms with van der Waals surface area (Å²) in [5.74, 6) is 3.71. The van der Waals surface area contributed by atoms with E-state index in [0.717, 1.165) is 0 Å². The molecule has 0 aliphatic rings. The van der Waals surface area contributed by atoms with Crippen molar-refractivity contribution in [1.82, 2.24) is 0 Å². The van der Waals surface area contributed by atoms with E-state index in [1.54, 1.807) is 0 Å². The number of para-hydroxylation sites is 1. The zero-order valence-electron chi connectivity index (χ0n) is 6.15. The van der Waals surface area contributed by atoms with Crippen molar-refractivity contribution >= 4 is 11.7 Å². The molecule has 64 valence electrons. The number of nitrogen functional groups attached to an aromatic ring is 1. The first-order chi connectivity index (χ1) is 5.66. The average Bonchev–Trinajstić information content (AvgIpc) is 2.03. The summed E-state index contributed by atoms with van der Waals surface area (Å²) in [6, 6.07) is 4.39. The Kier molecular flexibility index (Phi) is 2.16. The molecule has 1 aromatic rings. The van der Waals surface area contributed by atoms with Crippen LogP contribution in [0.15, 0.2) is 18.2 Å². The lowest BCUT2D eigenvalue weighted by molar-refractivity contribution is 0.0692. The fraction of sp³-hybridized carbons (Fsp3) is 0. The molecule has 0 fully saturated rings. The predicted molar refractivity (Wildman–Crippen MR) is 42.6 cm³/mol. The summed E-state index contributed by atoms with van der Waals surface area (Å²) in [7, 11) is 0. The lowest BCUT2D eigenvalue weighted by atomic mass is 10.2. The first-order valence-corrected chi connectivity index (χ1v) is 3.15. The molecule has 0 saturated carbocycles. The van der Waals surface area contributed by atoms with Gasteiger partial charge in [-0.3, -0.25) is 0 Å². The van der Waals surface area contributed by atoms with Crippen molar-refractivity contribution in [3.05, 3.63) is 23.8 Å². The van der Waals surface area contributed by atoms with Gasteiger partial charge >= 0.3 is 5.97 Å². The van der Waals surface area contributed by atoms with Gasteiger partial charge in [0.2, 0.25) is 0 Å². The second-order valence-electron chi connectivity index (χ2n) is 2.15. The number of hydrogen-bond acceptors (Lipinski definition) is 4. The van der Waals surface area contributed by atoms with Crippen molar-refractivity contribution in [3.8, 4) is 5.75 Å². The summed E-state index contributed by atoms with van der Waals surface area (Å²) in [4.78, 5) is 14.9. The van der Waals surface area contributed by atoms with Crippen LogP contribution in [0.2, 0.25) is 0 Å². The smallest absolute Gasteiger partial charge is 0.339 e. The standard InChI is InChI=1S/C7H8N2O3/c8-5-3-1-2-4(7(10)11)6(5)12-9/h1-3H,8-9H2,(H,10,11). The molecule has 0 bridgehead atoms. The molecule has 0 radical (unpaired) electrons. The molecule has 0 aliphatic carbocycles. The molecule has 5 nitrogen and oxygen atoms in total. The first-order valence-electron chi connectivity index (χ1n) is 3.15. The Hall–Kier alpha value is -1.75. The van der Waals surface area contributed by atoms with Crippen LogP contribution in [0.25, 0.3) is 0 Å². The molecule has 0 aliphatic heterocycles. The number of rotatable bonds is 2. The van der Waals surface area contributed by atoms with Crippen LogP contribution in [-0.4, -0.2) is 11.1 Å². The van der Waals surface area contributed by atoms with Crippen molar-refractivity contribution in [1.29, 1.82) is 0 Å². The largest absolute Gasteiger partial charge is 0.478 e. The van der Waals surface area contributed by atoms with Crippen molar-refractivity contribution < 1.29 is 14.7 Å². The Morgan fingerprint density at radius 2 is 2.17 bits per heavy atom. The number of carboxylic acids is 1. The van der Waals surface area contributed by atoms with Gasteiger partial charge in [0.05, 0.1) is 5.69 Å². The number of aromatic carboxylic acids is 1. The van der Waals surface area contributed by atoms with E-state index in [2.05, 4.69) is 4.84 Å². The van der Waals surface area contributed by atoms with E-state index in [1.807, 2.05) is 0 Å². The second-order valence-corrected chi connectivity index (χ2v) is 2.15. The normalized spacial score (nSPS) is 9.42. The third kappa shape index (κ3) is 1.30. The second kappa shape index (κ2) is 3.10. The topological polar surface area (TPSA) is 98.6 Å². The van der Waals surface area contributed by atoms with Crippen LogP contribution in [0.4, 0.5) is 5.69 Å². The Balaban J connectivity index is 3.27. The van der Waals surface area contributed by atoms with Gasteiger partial charge in [-0.15, -0.1) is 0 Å². The number of hydrogen-bond donors (Lipinski definition) is 3. The molecule has 0 heterocycles. The van der Waals surface area contributed by atoms with Crippen molar-refractivity contribution in [2.24, 2.45) is 5.90 Å². The summed E-state index contributed by atoms with van der Waals surface area (Å²) in [5, 5.41) is 8.63. The van der Waals surface area contributed by atoms with Crippen molar-refractivity contribution in [2.45, 2.75) is 0 Å². The van der Waals surface area contributed by atoms with E-state index < -0.39 is 5.97 Å². The van der Waals surface area contributed by atoms with Crippen LogP contribution < -0.4 is 16.5 Å². The van der Waals surface area contributed by atoms with Crippen LogP contribution in [0.5, 0.6) is 5.75 Å². The van der Waals surface area contributed by atoms with E-state index in [4.69, 9.17) is 16.7 Å². The number of anilines is 1. The van der Waals surface area contributed by atoms with Crippen molar-refractivity contribution in [3.63, 3.8) is 0 Å². The van der Waals surface area contributed by atoms with Crippen LogP contribution >= 0.6 is 0 Å². The quantitative estimate of drug-likeness (QED) is 0.433. The summed E-state index contributed by atoms with van der Waals surface area (Å²) < 4.78 is 0. The van der Waals surface area contributed by atoms with Gasteiger partial charge in [-0.2, -0.15) is 5.90 Å². The van der Waals surface area contributed by atoms with Gasteiger partial charge in [-0.25, -0.2) is 4.79 Å². The van der Waals surface area contributed by atoms with Crippen LogP contribution in [0.1, 0.15) is 10.4 Å². The third-order valence-corrected chi connectivity index (χ3v) is 1.39. The minimum absolute atomic E-state index is 0.00926. The van der Waals surface area contributed by atoms with Gasteiger partial charge in [-0.1, -0.05) is 6.07 Å². The lowest BCUT2D eigenvalue weighted by Gasteiger charge is -2.05. The zero-order chi connectivity index (χ0) is 9.14. The molecular formula is C7H8N2O3. The maximum Gasteiger partial charge on any atom is 0.339 e. The highest BCUT2D eigenvalue weighted by Crippen LogP contribution is 2.24.